The molecule has 0 radical (unpaired) electrons. The molecule has 0 aliphatic carbocycles. The maximum atomic E-state index is 13.4. The van der Waals surface area contributed by atoms with Crippen LogP contribution in [0.25, 0.3) is 10.9 Å². The summed E-state index contributed by atoms with van der Waals surface area (Å²) in [5.74, 6) is 0.392. The molecule has 12 heteroatoms. The third-order valence-electron chi connectivity index (χ3n) is 5.59. The lowest BCUT2D eigenvalue weighted by atomic mass is 10.1. The number of unbranched alkanes of at least 4 members (excludes halogenated alkanes) is 1. The number of halogens is 4. The minimum absolute atomic E-state index is 0.0752. The summed E-state index contributed by atoms with van der Waals surface area (Å²) in [6.45, 7) is 1.96. The van der Waals surface area contributed by atoms with Crippen LogP contribution in [0.4, 0.5) is 5.69 Å². The molecule has 0 unspecified atom stereocenters. The highest BCUT2D eigenvalue weighted by Gasteiger charge is 2.21. The summed E-state index contributed by atoms with van der Waals surface area (Å²) < 4.78 is 7.79. The Hall–Kier alpha value is -2.98. The Labute approximate surface area is 241 Å². The lowest BCUT2D eigenvalue weighted by Gasteiger charge is -2.12. The number of hydrogen-bond acceptors (Lipinski definition) is 6. The third-order valence-corrected chi connectivity index (χ3v) is 6.89. The van der Waals surface area contributed by atoms with Gasteiger partial charge in [0, 0.05) is 43.2 Å². The second-order valence-electron chi connectivity index (χ2n) is 8.28. The van der Waals surface area contributed by atoms with Crippen LogP contribution in [0.3, 0.4) is 0 Å². The van der Waals surface area contributed by atoms with Crippen LogP contribution in [0.2, 0.25) is 15.1 Å². The molecule has 0 bridgehead atoms. The molecule has 3 aromatic carbocycles. The lowest BCUT2D eigenvalue weighted by Crippen LogP contribution is -2.22. The molecule has 38 heavy (non-hydrogen) atoms. The van der Waals surface area contributed by atoms with Crippen LogP contribution in [0, 0.1) is 10.1 Å². The van der Waals surface area contributed by atoms with Crippen LogP contribution in [0.1, 0.15) is 36.7 Å². The number of fused-ring (bicyclic) bond motifs is 1. The van der Waals surface area contributed by atoms with Crippen molar-refractivity contribution in [1.82, 2.24) is 9.66 Å². The zero-order valence-electron chi connectivity index (χ0n) is 20.0. The van der Waals surface area contributed by atoms with Crippen molar-refractivity contribution in [2.24, 2.45) is 5.10 Å². The molecule has 0 N–H and O–H groups in total. The highest BCUT2D eigenvalue weighted by molar-refractivity contribution is 9.10. The fraction of sp³-hybridized carbons (Fsp3) is 0.192. The summed E-state index contributed by atoms with van der Waals surface area (Å²) in [5, 5.41) is 17.5. The molecule has 196 valence electrons. The summed E-state index contributed by atoms with van der Waals surface area (Å²) in [5.41, 5.74) is 0.606. The maximum Gasteiger partial charge on any atom is 0.313 e. The van der Waals surface area contributed by atoms with Crippen molar-refractivity contribution in [1.29, 1.82) is 0 Å². The van der Waals surface area contributed by atoms with E-state index in [-0.39, 0.29) is 34.2 Å². The van der Waals surface area contributed by atoms with E-state index in [4.69, 9.17) is 39.5 Å². The van der Waals surface area contributed by atoms with Gasteiger partial charge in [-0.15, -0.1) is 0 Å². The molecule has 0 aliphatic rings. The summed E-state index contributed by atoms with van der Waals surface area (Å²) >= 11 is 21.8. The minimum Gasteiger partial charge on any atom is -0.481 e. The number of benzene rings is 3. The highest BCUT2D eigenvalue weighted by atomic mass is 79.9. The van der Waals surface area contributed by atoms with Crippen molar-refractivity contribution in [2.45, 2.75) is 32.8 Å². The van der Waals surface area contributed by atoms with Gasteiger partial charge in [0.1, 0.15) is 12.4 Å². The predicted octanol–water partition coefficient (Wildman–Crippen LogP) is 7.83. The molecule has 1 heterocycles. The Kier molecular flexibility index (Phi) is 9.04. The van der Waals surface area contributed by atoms with E-state index in [1.807, 2.05) is 13.0 Å². The second kappa shape index (κ2) is 12.3. The van der Waals surface area contributed by atoms with E-state index in [0.717, 1.165) is 17.3 Å². The van der Waals surface area contributed by atoms with Gasteiger partial charge in [0.25, 0.3) is 5.56 Å². The fourth-order valence-corrected chi connectivity index (χ4v) is 4.75. The number of aryl methyl sites for hydroxylation is 1. The molecule has 8 nitrogen and oxygen atoms in total. The summed E-state index contributed by atoms with van der Waals surface area (Å²) in [6, 6.07) is 12.8. The summed E-state index contributed by atoms with van der Waals surface area (Å²) in [7, 11) is 0. The maximum absolute atomic E-state index is 13.4. The van der Waals surface area contributed by atoms with Crippen molar-refractivity contribution < 1.29 is 9.66 Å². The van der Waals surface area contributed by atoms with Crippen molar-refractivity contribution in [2.75, 3.05) is 0 Å². The first-order chi connectivity index (χ1) is 18.2. The quantitative estimate of drug-likeness (QED) is 0.106. The van der Waals surface area contributed by atoms with Gasteiger partial charge in [-0.3, -0.25) is 14.9 Å². The van der Waals surface area contributed by atoms with E-state index in [0.29, 0.717) is 38.8 Å². The van der Waals surface area contributed by atoms with E-state index >= 15 is 0 Å². The van der Waals surface area contributed by atoms with Crippen molar-refractivity contribution in [3.05, 3.63) is 105 Å². The molecule has 0 amide bonds. The third kappa shape index (κ3) is 6.35. The van der Waals surface area contributed by atoms with E-state index in [2.05, 4.69) is 26.0 Å². The lowest BCUT2D eigenvalue weighted by molar-refractivity contribution is -0.385. The van der Waals surface area contributed by atoms with Crippen molar-refractivity contribution in [3.63, 3.8) is 0 Å². The zero-order valence-corrected chi connectivity index (χ0v) is 23.8. The number of nitro groups is 1. The van der Waals surface area contributed by atoms with Crippen LogP contribution < -0.4 is 10.3 Å². The first-order valence-electron chi connectivity index (χ1n) is 11.5. The van der Waals surface area contributed by atoms with Gasteiger partial charge < -0.3 is 4.74 Å². The highest BCUT2D eigenvalue weighted by Crippen LogP contribution is 2.35. The Morgan fingerprint density at radius 3 is 2.63 bits per heavy atom. The largest absolute Gasteiger partial charge is 0.481 e. The average molecular weight is 639 g/mol. The average Bonchev–Trinajstić information content (AvgIpc) is 2.87. The molecule has 4 rings (SSSR count). The molecule has 1 aromatic heterocycles. The van der Waals surface area contributed by atoms with E-state index in [9.17, 15) is 14.9 Å². The topological polar surface area (TPSA) is 99.6 Å². The first kappa shape index (κ1) is 28.0. The number of hydrogen-bond donors (Lipinski definition) is 0. The normalized spacial score (nSPS) is 11.4. The van der Waals surface area contributed by atoms with Gasteiger partial charge >= 0.3 is 5.69 Å². The summed E-state index contributed by atoms with van der Waals surface area (Å²) in [6.07, 6.45) is 3.51. The van der Waals surface area contributed by atoms with Gasteiger partial charge in [-0.05, 0) is 42.8 Å². The molecule has 0 fully saturated rings. The van der Waals surface area contributed by atoms with E-state index < -0.39 is 4.92 Å². The Bertz CT molecular complexity index is 1620. The van der Waals surface area contributed by atoms with Crippen molar-refractivity contribution >= 4 is 73.5 Å². The van der Waals surface area contributed by atoms with Gasteiger partial charge in [0.2, 0.25) is 5.75 Å². The zero-order chi connectivity index (χ0) is 27.4. The molecule has 0 saturated carbocycles. The van der Waals surface area contributed by atoms with Gasteiger partial charge in [-0.1, -0.05) is 70.1 Å². The van der Waals surface area contributed by atoms with Crippen LogP contribution in [0.5, 0.6) is 5.75 Å². The summed E-state index contributed by atoms with van der Waals surface area (Å²) in [4.78, 5) is 29.3. The Morgan fingerprint density at radius 1 is 1.13 bits per heavy atom. The van der Waals surface area contributed by atoms with Crippen LogP contribution in [0.15, 0.2) is 62.9 Å². The molecular formula is C26H20BrCl3N4O4. The fourth-order valence-electron chi connectivity index (χ4n) is 3.71. The van der Waals surface area contributed by atoms with Crippen LogP contribution >= 0.6 is 50.7 Å². The van der Waals surface area contributed by atoms with E-state index in [1.165, 1.54) is 23.0 Å². The smallest absolute Gasteiger partial charge is 0.313 e. The monoisotopic (exact) mass is 636 g/mol. The minimum atomic E-state index is -0.601. The van der Waals surface area contributed by atoms with Gasteiger partial charge in [-0.25, -0.2) is 4.98 Å². The predicted molar refractivity (Wildman–Crippen MR) is 154 cm³/mol. The van der Waals surface area contributed by atoms with Crippen LogP contribution in [-0.4, -0.2) is 20.8 Å². The number of aromatic nitrogens is 2. The van der Waals surface area contributed by atoms with Crippen molar-refractivity contribution in [3.8, 4) is 5.75 Å². The number of rotatable bonds is 9. The van der Waals surface area contributed by atoms with Gasteiger partial charge in [0.15, 0.2) is 0 Å². The molecule has 4 aromatic rings. The van der Waals surface area contributed by atoms with Gasteiger partial charge in [0.05, 0.1) is 22.0 Å². The standard InChI is InChI=1S/C26H20BrCl3N4O4/c1-2-3-4-24-32-22-8-6-17(27)10-20(22)26(35)33(24)31-13-16-9-19(29)12-23(34(36)37)25(16)38-14-15-5-7-18(28)11-21(15)30/h5-13H,2-4,14H2,1H3. The SMILES string of the molecule is CCCCc1nc2ccc(Br)cc2c(=O)n1N=Cc1cc(Cl)cc([N+](=O)[O-])c1OCc1ccc(Cl)cc1Cl. The number of ether oxygens (including phenoxy) is 1. The van der Waals surface area contributed by atoms with Crippen LogP contribution in [-0.2, 0) is 13.0 Å². The molecule has 0 spiro atoms. The Balaban J connectivity index is 1.81. The molecule has 0 saturated heterocycles. The number of nitro benzene ring substituents is 1. The first-order valence-corrected chi connectivity index (χ1v) is 13.4. The second-order valence-corrected chi connectivity index (χ2v) is 10.5. The van der Waals surface area contributed by atoms with Gasteiger partial charge in [-0.2, -0.15) is 9.78 Å². The van der Waals surface area contributed by atoms with E-state index in [1.54, 1.807) is 30.3 Å². The number of nitrogens with zero attached hydrogens (tertiary/aromatic N) is 4. The Morgan fingerprint density at radius 2 is 1.92 bits per heavy atom. The molecule has 0 atom stereocenters. The molecular weight excluding hydrogens is 619 g/mol. The molecule has 0 aliphatic heterocycles.